The monoisotopic (exact) mass is 463 g/mol. The zero-order valence-corrected chi connectivity index (χ0v) is 18.5. The predicted molar refractivity (Wildman–Crippen MR) is 121 cm³/mol. The molecule has 170 valence electrons. The maximum atomic E-state index is 13.1. The minimum Gasteiger partial charge on any atom is -0.395 e. The van der Waals surface area contributed by atoms with E-state index in [4.69, 9.17) is 17.3 Å². The SMILES string of the molecule is CCCC1CCCN1C(=O)c1ccc(C(/C=C(\N)C(F)(F)F)=Nc2ccccc2Cl)cc1. The molecule has 2 aromatic carbocycles. The standard InChI is InChI=1S/C24H25ClF3N3O/c1-2-6-18-7-5-14-31(18)23(32)17-12-10-16(11-13-17)21(15-22(29)24(26,27)28)30-20-9-4-3-8-19(20)25/h3-4,8-13,15,18H,2,5-7,14,29H2,1H3/b22-15-,30-21?. The van der Waals surface area contributed by atoms with Crippen LogP contribution in [-0.4, -0.2) is 35.3 Å². The summed E-state index contributed by atoms with van der Waals surface area (Å²) in [5, 5.41) is 0.298. The Hall–Kier alpha value is -2.80. The highest BCUT2D eigenvalue weighted by Crippen LogP contribution is 2.28. The Morgan fingerprint density at radius 2 is 1.84 bits per heavy atom. The number of hydrogen-bond acceptors (Lipinski definition) is 3. The number of hydrogen-bond donors (Lipinski definition) is 1. The quantitative estimate of drug-likeness (QED) is 0.513. The van der Waals surface area contributed by atoms with Gasteiger partial charge >= 0.3 is 6.18 Å². The Kier molecular flexibility index (Phi) is 7.61. The van der Waals surface area contributed by atoms with Crippen molar-refractivity contribution in [3.8, 4) is 0 Å². The predicted octanol–water partition coefficient (Wildman–Crippen LogP) is 6.27. The number of benzene rings is 2. The lowest BCUT2D eigenvalue weighted by Gasteiger charge is -2.24. The van der Waals surface area contributed by atoms with Crippen molar-refractivity contribution in [1.29, 1.82) is 0 Å². The molecule has 1 aliphatic heterocycles. The molecule has 3 rings (SSSR count). The molecule has 1 atom stereocenters. The van der Waals surface area contributed by atoms with Crippen LogP contribution in [0.1, 0.15) is 48.5 Å². The second-order valence-corrected chi connectivity index (χ2v) is 8.11. The Bertz CT molecular complexity index is 1020. The van der Waals surface area contributed by atoms with E-state index in [1.54, 1.807) is 48.5 Å². The molecule has 2 N–H and O–H groups in total. The number of amides is 1. The minimum atomic E-state index is -4.69. The van der Waals surface area contributed by atoms with Crippen LogP contribution >= 0.6 is 11.6 Å². The van der Waals surface area contributed by atoms with Crippen LogP contribution in [0.15, 0.2) is 65.3 Å². The van der Waals surface area contributed by atoms with Gasteiger partial charge in [-0.3, -0.25) is 4.79 Å². The fraction of sp³-hybridized carbons (Fsp3) is 0.333. The van der Waals surface area contributed by atoms with E-state index in [0.717, 1.165) is 38.3 Å². The smallest absolute Gasteiger partial charge is 0.395 e. The molecule has 1 heterocycles. The second-order valence-electron chi connectivity index (χ2n) is 7.71. The maximum absolute atomic E-state index is 13.1. The lowest BCUT2D eigenvalue weighted by atomic mass is 10.0. The minimum absolute atomic E-state index is 0.00282. The summed E-state index contributed by atoms with van der Waals surface area (Å²) >= 11 is 6.13. The Balaban J connectivity index is 1.94. The van der Waals surface area contributed by atoms with E-state index >= 15 is 0 Å². The van der Waals surface area contributed by atoms with Crippen molar-refractivity contribution in [1.82, 2.24) is 4.90 Å². The fourth-order valence-corrected chi connectivity index (χ4v) is 3.95. The molecule has 1 amide bonds. The third-order valence-electron chi connectivity index (χ3n) is 5.40. The first-order chi connectivity index (χ1) is 15.2. The lowest BCUT2D eigenvalue weighted by Crippen LogP contribution is -2.35. The van der Waals surface area contributed by atoms with Crippen LogP contribution in [0.3, 0.4) is 0 Å². The molecule has 1 aliphatic rings. The number of allylic oxidation sites excluding steroid dienone is 2. The molecule has 0 saturated carbocycles. The molecule has 1 saturated heterocycles. The van der Waals surface area contributed by atoms with Gasteiger partial charge in [-0.15, -0.1) is 0 Å². The number of alkyl halides is 3. The van der Waals surface area contributed by atoms with E-state index in [1.807, 2.05) is 4.90 Å². The molecule has 32 heavy (non-hydrogen) atoms. The van der Waals surface area contributed by atoms with Gasteiger partial charge in [-0.05, 0) is 49.6 Å². The largest absolute Gasteiger partial charge is 0.430 e. The normalized spacial score (nSPS) is 17.7. The summed E-state index contributed by atoms with van der Waals surface area (Å²) in [5.74, 6) is -0.0672. The number of carbonyl (C=O) groups excluding carboxylic acids is 1. The third-order valence-corrected chi connectivity index (χ3v) is 5.72. The number of carbonyl (C=O) groups is 1. The van der Waals surface area contributed by atoms with Gasteiger partial charge in [0.25, 0.3) is 5.91 Å². The number of aliphatic imine (C=N–C) groups is 1. The Morgan fingerprint density at radius 1 is 1.19 bits per heavy atom. The number of halogens is 4. The molecule has 8 heteroatoms. The van der Waals surface area contributed by atoms with Gasteiger partial charge in [0.15, 0.2) is 0 Å². The number of nitrogens with two attached hydrogens (primary N) is 1. The molecule has 0 aliphatic carbocycles. The van der Waals surface area contributed by atoms with Crippen molar-refractivity contribution in [2.75, 3.05) is 6.54 Å². The Morgan fingerprint density at radius 3 is 2.47 bits per heavy atom. The summed E-state index contributed by atoms with van der Waals surface area (Å²) in [6.07, 6.45) is 0.0137. The van der Waals surface area contributed by atoms with E-state index in [2.05, 4.69) is 11.9 Å². The van der Waals surface area contributed by atoms with Gasteiger partial charge in [0.1, 0.15) is 5.70 Å². The van der Waals surface area contributed by atoms with E-state index in [1.165, 1.54) is 0 Å². The van der Waals surface area contributed by atoms with Crippen LogP contribution in [0.2, 0.25) is 5.02 Å². The summed E-state index contributed by atoms with van der Waals surface area (Å²) in [6, 6.07) is 13.2. The van der Waals surface area contributed by atoms with Gasteiger partial charge in [-0.25, -0.2) is 4.99 Å². The molecule has 0 bridgehead atoms. The molecule has 0 aromatic heterocycles. The van der Waals surface area contributed by atoms with E-state index in [0.29, 0.717) is 21.8 Å². The maximum Gasteiger partial charge on any atom is 0.430 e. The van der Waals surface area contributed by atoms with Crippen LogP contribution in [-0.2, 0) is 0 Å². The molecule has 4 nitrogen and oxygen atoms in total. The number of rotatable bonds is 6. The highest BCUT2D eigenvalue weighted by molar-refractivity contribution is 6.33. The van der Waals surface area contributed by atoms with Gasteiger partial charge in [-0.2, -0.15) is 13.2 Å². The fourth-order valence-electron chi connectivity index (χ4n) is 3.77. The first-order valence-electron chi connectivity index (χ1n) is 10.5. The van der Waals surface area contributed by atoms with Crippen molar-refractivity contribution >= 4 is 28.9 Å². The van der Waals surface area contributed by atoms with Crippen molar-refractivity contribution < 1.29 is 18.0 Å². The first kappa shape index (κ1) is 23.9. The third kappa shape index (κ3) is 5.71. The van der Waals surface area contributed by atoms with Crippen LogP contribution in [0.5, 0.6) is 0 Å². The number of para-hydroxylation sites is 1. The first-order valence-corrected chi connectivity index (χ1v) is 10.9. The zero-order valence-electron chi connectivity index (χ0n) is 17.7. The van der Waals surface area contributed by atoms with Gasteiger partial charge in [0, 0.05) is 23.7 Å². The van der Waals surface area contributed by atoms with Gasteiger partial charge in [0.05, 0.1) is 16.4 Å². The highest BCUT2D eigenvalue weighted by Gasteiger charge is 2.32. The van der Waals surface area contributed by atoms with Crippen LogP contribution in [0, 0.1) is 0 Å². The van der Waals surface area contributed by atoms with Gasteiger partial charge in [-0.1, -0.05) is 49.2 Å². The molecule has 0 radical (unpaired) electrons. The van der Waals surface area contributed by atoms with Crippen molar-refractivity contribution in [2.24, 2.45) is 10.7 Å². The second kappa shape index (κ2) is 10.2. The molecule has 2 aromatic rings. The topological polar surface area (TPSA) is 58.7 Å². The van der Waals surface area contributed by atoms with Crippen molar-refractivity contribution in [3.05, 3.63) is 76.5 Å². The van der Waals surface area contributed by atoms with Crippen LogP contribution < -0.4 is 5.73 Å². The zero-order chi connectivity index (χ0) is 23.3. The summed E-state index contributed by atoms with van der Waals surface area (Å²) in [5.41, 5.74) is 5.16. The number of nitrogens with zero attached hydrogens (tertiary/aromatic N) is 2. The molecular formula is C24H25ClF3N3O. The van der Waals surface area contributed by atoms with Gasteiger partial charge in [0.2, 0.25) is 0 Å². The average Bonchev–Trinajstić information content (AvgIpc) is 3.22. The molecule has 1 fully saturated rings. The number of likely N-dealkylation sites (tertiary alicyclic amines) is 1. The molecular weight excluding hydrogens is 439 g/mol. The summed E-state index contributed by atoms with van der Waals surface area (Å²) < 4.78 is 39.2. The lowest BCUT2D eigenvalue weighted by molar-refractivity contribution is -0.0925. The van der Waals surface area contributed by atoms with Crippen LogP contribution in [0.4, 0.5) is 18.9 Å². The van der Waals surface area contributed by atoms with E-state index in [-0.39, 0.29) is 17.7 Å². The summed E-state index contributed by atoms with van der Waals surface area (Å²) in [4.78, 5) is 19.1. The van der Waals surface area contributed by atoms with Gasteiger partial charge < -0.3 is 10.6 Å². The van der Waals surface area contributed by atoms with Crippen molar-refractivity contribution in [2.45, 2.75) is 44.8 Å². The van der Waals surface area contributed by atoms with E-state index in [9.17, 15) is 18.0 Å². The Labute approximate surface area is 190 Å². The average molecular weight is 464 g/mol. The van der Waals surface area contributed by atoms with Crippen molar-refractivity contribution in [3.63, 3.8) is 0 Å². The van der Waals surface area contributed by atoms with E-state index < -0.39 is 11.9 Å². The van der Waals surface area contributed by atoms with Crippen LogP contribution in [0.25, 0.3) is 0 Å². The summed E-state index contributed by atoms with van der Waals surface area (Å²) in [7, 11) is 0. The highest BCUT2D eigenvalue weighted by atomic mass is 35.5. The molecule has 1 unspecified atom stereocenters. The molecule has 0 spiro atoms. The summed E-state index contributed by atoms with van der Waals surface area (Å²) in [6.45, 7) is 2.81.